The van der Waals surface area contributed by atoms with Crippen molar-refractivity contribution in [1.82, 2.24) is 20.0 Å². The van der Waals surface area contributed by atoms with Gasteiger partial charge in [0, 0.05) is 49.0 Å². The number of aryl methyl sites for hydroxylation is 1. The first-order chi connectivity index (χ1) is 17.1. The minimum absolute atomic E-state index is 0.151. The summed E-state index contributed by atoms with van der Waals surface area (Å²) in [4.78, 5) is 14.9. The normalized spacial score (nSPS) is 23.1. The van der Waals surface area contributed by atoms with Gasteiger partial charge in [-0.1, -0.05) is 18.2 Å². The summed E-state index contributed by atoms with van der Waals surface area (Å²) in [5.41, 5.74) is 4.02. The van der Waals surface area contributed by atoms with Crippen molar-refractivity contribution in [2.75, 3.05) is 39.2 Å². The molecule has 184 valence electrons. The number of aromatic nitrogens is 2. The van der Waals surface area contributed by atoms with E-state index in [1.165, 1.54) is 12.1 Å². The van der Waals surface area contributed by atoms with E-state index in [4.69, 9.17) is 14.6 Å². The molecular weight excluding hydrogens is 442 g/mol. The molecule has 1 aromatic heterocycles. The molecule has 0 radical (unpaired) electrons. The van der Waals surface area contributed by atoms with Crippen molar-refractivity contribution in [2.24, 2.45) is 13.0 Å². The van der Waals surface area contributed by atoms with Crippen LogP contribution in [0.15, 0.2) is 54.6 Å². The topological polar surface area (TPSA) is 80.7 Å². The first-order valence-electron chi connectivity index (χ1n) is 12.2. The molecule has 2 N–H and O–H groups in total. The molecule has 8 nitrogen and oxygen atoms in total. The minimum Gasteiger partial charge on any atom is -0.493 e. The largest absolute Gasteiger partial charge is 0.493 e. The maximum absolute atomic E-state index is 12.3. The number of piperidine rings is 3. The van der Waals surface area contributed by atoms with Gasteiger partial charge >= 0.3 is 6.03 Å². The summed E-state index contributed by atoms with van der Waals surface area (Å²) in [7, 11) is 5.32. The molecular formula is C27H33N5O3. The lowest BCUT2D eigenvalue weighted by Crippen LogP contribution is -2.56. The third-order valence-corrected chi connectivity index (χ3v) is 7.38. The zero-order valence-electron chi connectivity index (χ0n) is 20.5. The number of amides is 2. The number of nitrogens with zero attached hydrogens (tertiary/aromatic N) is 3. The second-order valence-electron chi connectivity index (χ2n) is 9.39. The van der Waals surface area contributed by atoms with E-state index in [0.29, 0.717) is 35.9 Å². The monoisotopic (exact) mass is 475 g/mol. The van der Waals surface area contributed by atoms with Crippen molar-refractivity contribution >= 4 is 11.7 Å². The molecule has 0 aliphatic carbocycles. The van der Waals surface area contributed by atoms with Crippen LogP contribution in [0.25, 0.3) is 11.3 Å². The van der Waals surface area contributed by atoms with E-state index in [1.807, 2.05) is 60.3 Å². The summed E-state index contributed by atoms with van der Waals surface area (Å²) < 4.78 is 12.9. The number of anilines is 1. The number of hydrogen-bond donors (Lipinski definition) is 2. The maximum atomic E-state index is 12.3. The smallest absolute Gasteiger partial charge is 0.319 e. The van der Waals surface area contributed by atoms with Crippen molar-refractivity contribution in [3.63, 3.8) is 0 Å². The first kappa shape index (κ1) is 23.2. The lowest BCUT2D eigenvalue weighted by molar-refractivity contribution is 0.0296. The lowest BCUT2D eigenvalue weighted by Gasteiger charge is -2.49. The third kappa shape index (κ3) is 4.84. The molecule has 3 aliphatic heterocycles. The van der Waals surface area contributed by atoms with Crippen molar-refractivity contribution in [1.29, 1.82) is 0 Å². The van der Waals surface area contributed by atoms with Crippen molar-refractivity contribution in [3.05, 3.63) is 60.3 Å². The summed E-state index contributed by atoms with van der Waals surface area (Å²) in [6.45, 7) is 2.72. The molecule has 35 heavy (non-hydrogen) atoms. The lowest BCUT2D eigenvalue weighted by atomic mass is 9.74. The molecule has 0 saturated carbocycles. The fraction of sp³-hybridized carbons (Fsp3) is 0.407. The predicted octanol–water partition coefficient (Wildman–Crippen LogP) is 4.10. The molecule has 3 aliphatic rings. The molecule has 8 heteroatoms. The first-order valence-corrected chi connectivity index (χ1v) is 12.2. The second-order valence-corrected chi connectivity index (χ2v) is 9.39. The molecule has 4 atom stereocenters. The van der Waals surface area contributed by atoms with Gasteiger partial charge in [-0.05, 0) is 61.7 Å². The number of carbonyl (C=O) groups is 1. The summed E-state index contributed by atoms with van der Waals surface area (Å²) in [5, 5.41) is 10.8. The van der Waals surface area contributed by atoms with Gasteiger partial charge in [0.15, 0.2) is 11.5 Å². The van der Waals surface area contributed by atoms with Gasteiger partial charge in [0.1, 0.15) is 0 Å². The minimum atomic E-state index is -0.151. The predicted molar refractivity (Wildman–Crippen MR) is 136 cm³/mol. The van der Waals surface area contributed by atoms with Gasteiger partial charge in [-0.3, -0.25) is 9.58 Å². The molecule has 6 rings (SSSR count). The van der Waals surface area contributed by atoms with Crippen molar-refractivity contribution in [2.45, 2.75) is 24.8 Å². The SMILES string of the molecule is COc1ccc(-c2cc([C@@H]3CN4CC[C@H]3C[C@@H]4CNC(=O)Nc3ccccc3)n(C)n2)cc1OC. The van der Waals surface area contributed by atoms with Crippen molar-refractivity contribution in [3.8, 4) is 22.8 Å². The fourth-order valence-electron chi connectivity index (χ4n) is 5.56. The molecule has 1 unspecified atom stereocenters. The van der Waals surface area contributed by atoms with Gasteiger partial charge in [-0.2, -0.15) is 5.10 Å². The number of methoxy groups -OCH3 is 2. The molecule has 3 saturated heterocycles. The number of urea groups is 1. The summed E-state index contributed by atoms with van der Waals surface area (Å²) in [6.07, 6.45) is 2.25. The van der Waals surface area contributed by atoms with Crippen LogP contribution in [0.3, 0.4) is 0 Å². The van der Waals surface area contributed by atoms with Crippen LogP contribution in [0.5, 0.6) is 11.5 Å². The highest BCUT2D eigenvalue weighted by Gasteiger charge is 2.41. The average Bonchev–Trinajstić information content (AvgIpc) is 3.29. The van der Waals surface area contributed by atoms with Gasteiger partial charge in [0.25, 0.3) is 0 Å². The Morgan fingerprint density at radius 3 is 2.60 bits per heavy atom. The van der Waals surface area contributed by atoms with E-state index in [-0.39, 0.29) is 6.03 Å². The number of hydrogen-bond acceptors (Lipinski definition) is 5. The summed E-state index contributed by atoms with van der Waals surface area (Å²) >= 11 is 0. The van der Waals surface area contributed by atoms with Crippen molar-refractivity contribution < 1.29 is 14.3 Å². The Balaban J connectivity index is 1.24. The Bertz CT molecular complexity index is 1180. The number of para-hydroxylation sites is 1. The average molecular weight is 476 g/mol. The van der Waals surface area contributed by atoms with Crippen LogP contribution in [0, 0.1) is 5.92 Å². The van der Waals surface area contributed by atoms with E-state index >= 15 is 0 Å². The van der Waals surface area contributed by atoms with Gasteiger partial charge in [0.05, 0.1) is 19.9 Å². The number of rotatable bonds is 7. The van der Waals surface area contributed by atoms with Crippen LogP contribution in [-0.2, 0) is 7.05 Å². The van der Waals surface area contributed by atoms with E-state index in [1.54, 1.807) is 14.2 Å². The highest BCUT2D eigenvalue weighted by Crippen LogP contribution is 2.42. The molecule has 2 bridgehead atoms. The highest BCUT2D eigenvalue weighted by molar-refractivity contribution is 5.89. The van der Waals surface area contributed by atoms with Crippen LogP contribution in [0.2, 0.25) is 0 Å². The van der Waals surface area contributed by atoms with Gasteiger partial charge in [-0.15, -0.1) is 0 Å². The molecule has 3 aromatic rings. The molecule has 2 amide bonds. The van der Waals surface area contributed by atoms with Gasteiger partial charge < -0.3 is 20.1 Å². The van der Waals surface area contributed by atoms with E-state index in [0.717, 1.165) is 36.5 Å². The van der Waals surface area contributed by atoms with Crippen LogP contribution >= 0.6 is 0 Å². The van der Waals surface area contributed by atoms with E-state index in [2.05, 4.69) is 21.6 Å². The fourth-order valence-corrected chi connectivity index (χ4v) is 5.56. The molecule has 4 heterocycles. The second kappa shape index (κ2) is 10.00. The Labute approximate surface area is 206 Å². The third-order valence-electron chi connectivity index (χ3n) is 7.38. The van der Waals surface area contributed by atoms with Crippen LogP contribution in [0.4, 0.5) is 10.5 Å². The molecule has 0 spiro atoms. The van der Waals surface area contributed by atoms with Crippen LogP contribution < -0.4 is 20.1 Å². The number of fused-ring (bicyclic) bond motifs is 3. The number of nitrogens with one attached hydrogen (secondary N) is 2. The van der Waals surface area contributed by atoms with Gasteiger partial charge in [-0.25, -0.2) is 4.79 Å². The molecule has 3 fully saturated rings. The number of ether oxygens (including phenoxy) is 2. The zero-order valence-corrected chi connectivity index (χ0v) is 20.5. The Morgan fingerprint density at radius 2 is 1.89 bits per heavy atom. The molecule has 2 aromatic carbocycles. The highest BCUT2D eigenvalue weighted by atomic mass is 16.5. The number of carbonyl (C=O) groups excluding carboxylic acids is 1. The Hall–Kier alpha value is -3.52. The standard InChI is InChI=1S/C27H33N5O3/c1-31-24(15-23(30-31)19-9-10-25(34-2)26(14-19)35-3)22-17-32-12-11-18(22)13-21(32)16-28-27(33)29-20-7-5-4-6-8-20/h4-10,14-15,18,21-22H,11-13,16-17H2,1-3H3,(H2,28,29,33)/t18-,21+,22+/m0/s1. The Kier molecular flexibility index (Phi) is 6.63. The Morgan fingerprint density at radius 1 is 1.09 bits per heavy atom. The zero-order chi connectivity index (χ0) is 24.4. The van der Waals surface area contributed by atoms with E-state index in [9.17, 15) is 4.79 Å². The number of benzene rings is 2. The quantitative estimate of drug-likeness (QED) is 0.538. The summed E-state index contributed by atoms with van der Waals surface area (Å²) in [5.74, 6) is 2.43. The van der Waals surface area contributed by atoms with Gasteiger partial charge in [0.2, 0.25) is 0 Å². The summed E-state index contributed by atoms with van der Waals surface area (Å²) in [6, 6.07) is 17.9. The maximum Gasteiger partial charge on any atom is 0.319 e. The van der Waals surface area contributed by atoms with Crippen LogP contribution in [0.1, 0.15) is 24.5 Å². The van der Waals surface area contributed by atoms with Crippen LogP contribution in [-0.4, -0.2) is 60.6 Å². The van der Waals surface area contributed by atoms with E-state index < -0.39 is 0 Å².